The molecule has 90 valence electrons. The van der Waals surface area contributed by atoms with Crippen molar-refractivity contribution < 1.29 is 9.53 Å². The molecule has 0 saturated carbocycles. The Balaban J connectivity index is 3.25. The number of allylic oxidation sites excluding steroid dienone is 1. The summed E-state index contributed by atoms with van der Waals surface area (Å²) in [6.45, 7) is 3.36. The molecule has 4 nitrogen and oxygen atoms in total. The lowest BCUT2D eigenvalue weighted by atomic mass is 10.0. The van der Waals surface area contributed by atoms with Crippen LogP contribution >= 0.6 is 0 Å². The van der Waals surface area contributed by atoms with Gasteiger partial charge in [-0.25, -0.2) is 4.79 Å². The van der Waals surface area contributed by atoms with Crippen molar-refractivity contribution in [2.45, 2.75) is 20.0 Å². The van der Waals surface area contributed by atoms with Crippen molar-refractivity contribution in [2.75, 3.05) is 0 Å². The first kappa shape index (κ1) is 13.5. The molecule has 0 saturated heterocycles. The fourth-order valence-corrected chi connectivity index (χ4v) is 1.35. The molecular weight excluding hydrogens is 228 g/mol. The maximum atomic E-state index is 11.7. The molecule has 0 radical (unpaired) electrons. The zero-order chi connectivity index (χ0) is 13.5. The lowest BCUT2D eigenvalue weighted by molar-refractivity contribution is -0.142. The van der Waals surface area contributed by atoms with Crippen LogP contribution in [0, 0.1) is 22.7 Å². The summed E-state index contributed by atoms with van der Waals surface area (Å²) in [4.78, 5) is 11.7. The van der Waals surface area contributed by atoms with Gasteiger partial charge in [0.2, 0.25) is 0 Å². The van der Waals surface area contributed by atoms with Gasteiger partial charge in [0.15, 0.2) is 5.57 Å². The van der Waals surface area contributed by atoms with Gasteiger partial charge in [-0.3, -0.25) is 0 Å². The quantitative estimate of drug-likeness (QED) is 0.462. The minimum absolute atomic E-state index is 0.0313. The maximum absolute atomic E-state index is 11.7. The third kappa shape index (κ3) is 3.20. The van der Waals surface area contributed by atoms with Crippen molar-refractivity contribution in [2.24, 2.45) is 0 Å². The van der Waals surface area contributed by atoms with E-state index < -0.39 is 5.97 Å². The molecule has 0 aliphatic carbocycles. The van der Waals surface area contributed by atoms with Gasteiger partial charge >= 0.3 is 5.97 Å². The molecule has 0 aromatic heterocycles. The molecule has 0 atom stereocenters. The minimum atomic E-state index is -0.770. The van der Waals surface area contributed by atoms with E-state index in [0.717, 1.165) is 0 Å². The summed E-state index contributed by atoms with van der Waals surface area (Å²) in [5, 5.41) is 18.1. The summed E-state index contributed by atoms with van der Waals surface area (Å²) in [5.41, 5.74) is 0.290. The maximum Gasteiger partial charge on any atom is 0.350 e. The fourth-order valence-electron chi connectivity index (χ4n) is 1.35. The van der Waals surface area contributed by atoms with E-state index in [4.69, 9.17) is 15.3 Å². The molecular formula is C14H12N2O2. The van der Waals surface area contributed by atoms with Gasteiger partial charge in [0.05, 0.1) is 11.7 Å². The van der Waals surface area contributed by atoms with Crippen LogP contribution in [0.4, 0.5) is 0 Å². The van der Waals surface area contributed by atoms with Crippen LogP contribution in [0.15, 0.2) is 35.9 Å². The number of ether oxygens (including phenoxy) is 1. The minimum Gasteiger partial charge on any atom is -0.459 e. The van der Waals surface area contributed by atoms with Gasteiger partial charge in [0, 0.05) is 0 Å². The molecule has 0 heterocycles. The second-order valence-corrected chi connectivity index (χ2v) is 3.79. The zero-order valence-corrected chi connectivity index (χ0v) is 10.2. The predicted molar refractivity (Wildman–Crippen MR) is 65.8 cm³/mol. The van der Waals surface area contributed by atoms with Gasteiger partial charge in [-0.15, -0.1) is 0 Å². The number of hydrogen-bond acceptors (Lipinski definition) is 4. The van der Waals surface area contributed by atoms with Gasteiger partial charge in [-0.05, 0) is 19.4 Å². The highest BCUT2D eigenvalue weighted by Crippen LogP contribution is 2.18. The van der Waals surface area contributed by atoms with Gasteiger partial charge < -0.3 is 4.74 Å². The lowest BCUT2D eigenvalue weighted by Crippen LogP contribution is -2.14. The van der Waals surface area contributed by atoms with Crippen molar-refractivity contribution >= 4 is 11.5 Å². The van der Waals surface area contributed by atoms with E-state index in [9.17, 15) is 4.79 Å². The largest absolute Gasteiger partial charge is 0.459 e. The molecule has 0 aliphatic heterocycles. The van der Waals surface area contributed by atoms with Crippen LogP contribution in [-0.4, -0.2) is 12.1 Å². The van der Waals surface area contributed by atoms with Crippen molar-refractivity contribution in [1.82, 2.24) is 0 Å². The first-order valence-corrected chi connectivity index (χ1v) is 5.41. The van der Waals surface area contributed by atoms with E-state index in [1.165, 1.54) is 0 Å². The second kappa shape index (κ2) is 6.22. The summed E-state index contributed by atoms with van der Waals surface area (Å²) < 4.78 is 4.94. The Hall–Kier alpha value is -2.59. The van der Waals surface area contributed by atoms with Crippen molar-refractivity contribution in [1.29, 1.82) is 10.5 Å². The highest BCUT2D eigenvalue weighted by molar-refractivity contribution is 6.04. The number of rotatable bonds is 3. The average Bonchev–Trinajstić information content (AvgIpc) is 2.35. The van der Waals surface area contributed by atoms with E-state index in [2.05, 4.69) is 0 Å². The number of nitriles is 2. The van der Waals surface area contributed by atoms with Gasteiger partial charge in [0.1, 0.15) is 12.1 Å². The van der Waals surface area contributed by atoms with E-state index >= 15 is 0 Å². The molecule has 0 spiro atoms. The summed E-state index contributed by atoms with van der Waals surface area (Å²) in [7, 11) is 0. The van der Waals surface area contributed by atoms with Gasteiger partial charge in [-0.1, -0.05) is 30.3 Å². The Morgan fingerprint density at radius 2 is 1.78 bits per heavy atom. The van der Waals surface area contributed by atoms with E-state index in [1.54, 1.807) is 50.2 Å². The molecule has 0 bridgehead atoms. The molecule has 0 unspecified atom stereocenters. The van der Waals surface area contributed by atoms with Gasteiger partial charge in [-0.2, -0.15) is 10.5 Å². The van der Waals surface area contributed by atoms with Gasteiger partial charge in [0.25, 0.3) is 0 Å². The number of benzene rings is 1. The smallest absolute Gasteiger partial charge is 0.350 e. The second-order valence-electron chi connectivity index (χ2n) is 3.79. The number of carbonyl (C=O) groups is 1. The Labute approximate surface area is 106 Å². The van der Waals surface area contributed by atoms with E-state index in [0.29, 0.717) is 5.56 Å². The fraction of sp³-hybridized carbons (Fsp3) is 0.214. The SMILES string of the molecule is CC(C)OC(=O)/C(C#N)=C(\C#N)c1ccccc1. The average molecular weight is 240 g/mol. The third-order valence-corrected chi connectivity index (χ3v) is 2.08. The number of nitrogens with zero attached hydrogens (tertiary/aromatic N) is 2. The Morgan fingerprint density at radius 1 is 1.17 bits per heavy atom. The highest BCUT2D eigenvalue weighted by atomic mass is 16.5. The topological polar surface area (TPSA) is 73.9 Å². The molecule has 0 aliphatic rings. The van der Waals surface area contributed by atoms with Crippen LogP contribution in [0.3, 0.4) is 0 Å². The molecule has 1 aromatic carbocycles. The monoisotopic (exact) mass is 240 g/mol. The summed E-state index contributed by atoms with van der Waals surface area (Å²) in [6, 6.07) is 12.2. The van der Waals surface area contributed by atoms with Crippen molar-refractivity contribution in [3.63, 3.8) is 0 Å². The first-order chi connectivity index (χ1) is 8.60. The molecule has 4 heteroatoms. The number of hydrogen-bond donors (Lipinski definition) is 0. The summed E-state index contributed by atoms with van der Waals surface area (Å²) in [5.74, 6) is -0.770. The van der Waals surface area contributed by atoms with E-state index in [-0.39, 0.29) is 17.3 Å². The number of esters is 1. The molecule has 0 N–H and O–H groups in total. The Morgan fingerprint density at radius 3 is 2.22 bits per heavy atom. The molecule has 0 amide bonds. The first-order valence-electron chi connectivity index (χ1n) is 5.41. The van der Waals surface area contributed by atoms with Crippen molar-refractivity contribution in [3.8, 4) is 12.1 Å². The summed E-state index contributed by atoms with van der Waals surface area (Å²) >= 11 is 0. The van der Waals surface area contributed by atoms with Crippen LogP contribution in [-0.2, 0) is 9.53 Å². The molecule has 18 heavy (non-hydrogen) atoms. The van der Waals surface area contributed by atoms with E-state index in [1.807, 2.05) is 6.07 Å². The Bertz CT molecular complexity index is 545. The molecule has 1 aromatic rings. The zero-order valence-electron chi connectivity index (χ0n) is 10.2. The molecule has 1 rings (SSSR count). The normalized spacial score (nSPS) is 11.2. The summed E-state index contributed by atoms with van der Waals surface area (Å²) in [6.07, 6.45) is -0.337. The number of carbonyl (C=O) groups excluding carboxylic acids is 1. The molecule has 0 fully saturated rings. The van der Waals surface area contributed by atoms with Crippen LogP contribution in [0.5, 0.6) is 0 Å². The van der Waals surface area contributed by atoms with Crippen molar-refractivity contribution in [3.05, 3.63) is 41.5 Å². The highest BCUT2D eigenvalue weighted by Gasteiger charge is 2.19. The predicted octanol–water partition coefficient (Wildman–Crippen LogP) is 2.44. The Kier molecular flexibility index (Phi) is 4.66. The van der Waals surface area contributed by atoms with Crippen LogP contribution in [0.25, 0.3) is 5.57 Å². The lowest BCUT2D eigenvalue weighted by Gasteiger charge is -2.08. The standard InChI is InChI=1S/C14H12N2O2/c1-10(2)18-14(17)13(9-16)12(8-15)11-6-4-3-5-7-11/h3-7,10H,1-2H3/b13-12+. The third-order valence-electron chi connectivity index (χ3n) is 2.08. The van der Waals surface area contributed by atoms with Crippen LogP contribution < -0.4 is 0 Å². The van der Waals surface area contributed by atoms with Crippen LogP contribution in [0.2, 0.25) is 0 Å². The van der Waals surface area contributed by atoms with Crippen LogP contribution in [0.1, 0.15) is 19.4 Å².